The van der Waals surface area contributed by atoms with Crippen LogP contribution in [0.4, 0.5) is 11.4 Å². The van der Waals surface area contributed by atoms with Gasteiger partial charge in [-0.3, -0.25) is 5.32 Å². The Morgan fingerprint density at radius 3 is 3.23 bits per heavy atom. The van der Waals surface area contributed by atoms with Crippen molar-refractivity contribution in [2.24, 2.45) is 0 Å². The molecule has 68 valence electrons. The average molecular weight is 175 g/mol. The van der Waals surface area contributed by atoms with Crippen LogP contribution in [0.3, 0.4) is 0 Å². The molecule has 2 aliphatic rings. The highest BCUT2D eigenvalue weighted by atomic mass is 15.4. The fourth-order valence-corrected chi connectivity index (χ4v) is 2.11. The van der Waals surface area contributed by atoms with Crippen molar-refractivity contribution in [1.29, 1.82) is 0 Å². The molecule has 3 heteroatoms. The van der Waals surface area contributed by atoms with Gasteiger partial charge in [-0.05, 0) is 18.6 Å². The monoisotopic (exact) mass is 175 g/mol. The first kappa shape index (κ1) is 7.21. The Labute approximate surface area is 77.7 Å². The Bertz CT molecular complexity index is 324. The van der Waals surface area contributed by atoms with Gasteiger partial charge in [-0.1, -0.05) is 12.1 Å². The van der Waals surface area contributed by atoms with Crippen LogP contribution in [0.5, 0.6) is 0 Å². The zero-order chi connectivity index (χ0) is 8.67. The third-order valence-corrected chi connectivity index (χ3v) is 2.73. The van der Waals surface area contributed by atoms with Crippen LogP contribution in [-0.4, -0.2) is 19.4 Å². The third kappa shape index (κ3) is 1.00. The summed E-state index contributed by atoms with van der Waals surface area (Å²) in [4.78, 5) is 2.39. The van der Waals surface area contributed by atoms with E-state index in [1.807, 2.05) is 0 Å². The van der Waals surface area contributed by atoms with E-state index in [1.54, 1.807) is 0 Å². The lowest BCUT2D eigenvalue weighted by molar-refractivity contribution is 0.473. The van der Waals surface area contributed by atoms with Crippen molar-refractivity contribution in [3.8, 4) is 0 Å². The normalized spacial score (nSPS) is 24.9. The lowest BCUT2D eigenvalue weighted by Crippen LogP contribution is -2.52. The summed E-state index contributed by atoms with van der Waals surface area (Å²) in [6.07, 6.45) is 1.55. The van der Waals surface area contributed by atoms with E-state index in [9.17, 15) is 0 Å². The summed E-state index contributed by atoms with van der Waals surface area (Å²) < 4.78 is 0. The summed E-state index contributed by atoms with van der Waals surface area (Å²) >= 11 is 0. The van der Waals surface area contributed by atoms with Gasteiger partial charge in [0.1, 0.15) is 0 Å². The summed E-state index contributed by atoms with van der Waals surface area (Å²) in [6, 6.07) is 8.48. The van der Waals surface area contributed by atoms with Crippen LogP contribution in [0, 0.1) is 0 Å². The minimum Gasteiger partial charge on any atom is -0.351 e. The van der Waals surface area contributed by atoms with Crippen molar-refractivity contribution in [2.45, 2.75) is 12.7 Å². The van der Waals surface area contributed by atoms with Gasteiger partial charge >= 0.3 is 0 Å². The topological polar surface area (TPSA) is 27.3 Å². The SMILES string of the molecule is c1ccc2c(c1)NC1NCCCN21. The molecule has 1 aromatic carbocycles. The van der Waals surface area contributed by atoms with E-state index in [0.717, 1.165) is 13.1 Å². The first-order valence-electron chi connectivity index (χ1n) is 4.81. The maximum absolute atomic E-state index is 3.45. The van der Waals surface area contributed by atoms with E-state index in [2.05, 4.69) is 39.8 Å². The molecule has 0 aliphatic carbocycles. The highest BCUT2D eigenvalue weighted by molar-refractivity contribution is 5.75. The van der Waals surface area contributed by atoms with Crippen LogP contribution in [0.2, 0.25) is 0 Å². The molecule has 3 nitrogen and oxygen atoms in total. The highest BCUT2D eigenvalue weighted by Gasteiger charge is 2.29. The number of fused-ring (bicyclic) bond motifs is 3. The van der Waals surface area contributed by atoms with Crippen molar-refractivity contribution in [1.82, 2.24) is 5.32 Å². The summed E-state index contributed by atoms with van der Waals surface area (Å²) in [5.41, 5.74) is 2.58. The second-order valence-corrected chi connectivity index (χ2v) is 3.57. The number of anilines is 2. The number of hydrogen-bond donors (Lipinski definition) is 2. The lowest BCUT2D eigenvalue weighted by Gasteiger charge is -2.31. The standard InChI is InChI=1S/C10H13N3/c1-2-5-9-8(4-1)12-10-11-6-3-7-13(9)10/h1-2,4-5,10-12H,3,6-7H2. The van der Waals surface area contributed by atoms with Crippen LogP contribution in [0.25, 0.3) is 0 Å². The summed E-state index contributed by atoms with van der Waals surface area (Å²) in [7, 11) is 0. The van der Waals surface area contributed by atoms with E-state index in [1.165, 1.54) is 17.8 Å². The first-order valence-corrected chi connectivity index (χ1v) is 4.81. The summed E-state index contributed by atoms with van der Waals surface area (Å²) in [5.74, 6) is 0. The number of hydrogen-bond acceptors (Lipinski definition) is 3. The molecule has 1 saturated heterocycles. The number of nitrogens with zero attached hydrogens (tertiary/aromatic N) is 1. The Morgan fingerprint density at radius 2 is 2.23 bits per heavy atom. The molecule has 0 spiro atoms. The molecule has 1 atom stereocenters. The van der Waals surface area contributed by atoms with Crippen molar-refractivity contribution in [2.75, 3.05) is 23.3 Å². The van der Waals surface area contributed by atoms with Gasteiger partial charge in [0.15, 0.2) is 6.29 Å². The van der Waals surface area contributed by atoms with Gasteiger partial charge in [0.2, 0.25) is 0 Å². The van der Waals surface area contributed by atoms with E-state index in [4.69, 9.17) is 0 Å². The fraction of sp³-hybridized carbons (Fsp3) is 0.400. The van der Waals surface area contributed by atoms with Crippen LogP contribution < -0.4 is 15.5 Å². The van der Waals surface area contributed by atoms with E-state index in [-0.39, 0.29) is 0 Å². The average Bonchev–Trinajstić information content (AvgIpc) is 2.56. The molecule has 1 fully saturated rings. The molecular formula is C10H13N3. The number of benzene rings is 1. The fourth-order valence-electron chi connectivity index (χ4n) is 2.11. The minimum atomic E-state index is 0.325. The Morgan fingerprint density at radius 1 is 1.31 bits per heavy atom. The van der Waals surface area contributed by atoms with Crippen molar-refractivity contribution in [3.05, 3.63) is 24.3 Å². The van der Waals surface area contributed by atoms with Gasteiger partial charge in [-0.15, -0.1) is 0 Å². The van der Waals surface area contributed by atoms with Gasteiger partial charge in [0.25, 0.3) is 0 Å². The maximum Gasteiger partial charge on any atom is 0.155 e. The quantitative estimate of drug-likeness (QED) is 0.620. The van der Waals surface area contributed by atoms with Gasteiger partial charge in [-0.25, -0.2) is 0 Å². The van der Waals surface area contributed by atoms with E-state index in [0.29, 0.717) is 6.29 Å². The van der Waals surface area contributed by atoms with Crippen molar-refractivity contribution < 1.29 is 0 Å². The van der Waals surface area contributed by atoms with Crippen LogP contribution >= 0.6 is 0 Å². The molecule has 0 aromatic heterocycles. The third-order valence-electron chi connectivity index (χ3n) is 2.73. The molecule has 1 aromatic rings. The number of rotatable bonds is 0. The molecule has 2 heterocycles. The van der Waals surface area contributed by atoms with Gasteiger partial charge < -0.3 is 10.2 Å². The predicted molar refractivity (Wildman–Crippen MR) is 53.8 cm³/mol. The highest BCUT2D eigenvalue weighted by Crippen LogP contribution is 2.34. The molecule has 0 radical (unpaired) electrons. The zero-order valence-electron chi connectivity index (χ0n) is 7.46. The Hall–Kier alpha value is -1.22. The van der Waals surface area contributed by atoms with E-state index >= 15 is 0 Å². The van der Waals surface area contributed by atoms with Crippen LogP contribution in [-0.2, 0) is 0 Å². The minimum absolute atomic E-state index is 0.325. The molecule has 13 heavy (non-hydrogen) atoms. The van der Waals surface area contributed by atoms with Gasteiger partial charge in [0, 0.05) is 13.1 Å². The number of para-hydroxylation sites is 2. The summed E-state index contributed by atoms with van der Waals surface area (Å²) in [6.45, 7) is 2.27. The Balaban J connectivity index is 2.01. The van der Waals surface area contributed by atoms with Crippen LogP contribution in [0.15, 0.2) is 24.3 Å². The zero-order valence-corrected chi connectivity index (χ0v) is 7.46. The van der Waals surface area contributed by atoms with Crippen LogP contribution in [0.1, 0.15) is 6.42 Å². The molecule has 0 amide bonds. The molecule has 2 N–H and O–H groups in total. The first-order chi connectivity index (χ1) is 6.45. The van der Waals surface area contributed by atoms with E-state index < -0.39 is 0 Å². The van der Waals surface area contributed by atoms with Gasteiger partial charge in [0.05, 0.1) is 11.4 Å². The Kier molecular flexibility index (Phi) is 1.46. The molecule has 3 rings (SSSR count). The molecule has 1 unspecified atom stereocenters. The predicted octanol–water partition coefficient (Wildman–Crippen LogP) is 1.20. The molecule has 2 aliphatic heterocycles. The molecule has 0 bridgehead atoms. The molecular weight excluding hydrogens is 162 g/mol. The van der Waals surface area contributed by atoms with Crippen molar-refractivity contribution >= 4 is 11.4 Å². The second-order valence-electron chi connectivity index (χ2n) is 3.57. The maximum atomic E-state index is 3.45. The second kappa shape index (κ2) is 2.64. The molecule has 0 saturated carbocycles. The number of nitrogens with one attached hydrogen (secondary N) is 2. The van der Waals surface area contributed by atoms with Gasteiger partial charge in [-0.2, -0.15) is 0 Å². The lowest BCUT2D eigenvalue weighted by atomic mass is 10.2. The summed E-state index contributed by atoms with van der Waals surface area (Å²) in [5, 5.41) is 6.89. The largest absolute Gasteiger partial charge is 0.351 e. The smallest absolute Gasteiger partial charge is 0.155 e. The van der Waals surface area contributed by atoms with Crippen molar-refractivity contribution in [3.63, 3.8) is 0 Å².